The summed E-state index contributed by atoms with van der Waals surface area (Å²) in [5, 5.41) is 6.83. The minimum absolute atomic E-state index is 0.255. The molecule has 1 saturated heterocycles. The Morgan fingerprint density at radius 2 is 1.92 bits per heavy atom. The van der Waals surface area contributed by atoms with Gasteiger partial charge in [0.15, 0.2) is 5.82 Å². The lowest BCUT2D eigenvalue weighted by Crippen LogP contribution is -2.36. The van der Waals surface area contributed by atoms with Gasteiger partial charge in [-0.1, -0.05) is 19.1 Å². The number of urea groups is 1. The molecule has 2 amide bonds. The van der Waals surface area contributed by atoms with Crippen molar-refractivity contribution in [3.63, 3.8) is 0 Å². The molecule has 3 rings (SSSR count). The SMILES string of the molecule is Cn1ccc(NC(=O)N2CCC(C)(c3ccc(C(F)(F)F)cc3)C2)n1. The third kappa shape index (κ3) is 3.62. The van der Waals surface area contributed by atoms with Gasteiger partial charge in [0.25, 0.3) is 0 Å². The first kappa shape index (κ1) is 17.3. The fourth-order valence-electron chi connectivity index (χ4n) is 3.10. The molecule has 1 fully saturated rings. The van der Waals surface area contributed by atoms with Crippen LogP contribution in [0.1, 0.15) is 24.5 Å². The zero-order valence-corrected chi connectivity index (χ0v) is 14.0. The van der Waals surface area contributed by atoms with Crippen molar-refractivity contribution in [3.8, 4) is 0 Å². The van der Waals surface area contributed by atoms with E-state index in [-0.39, 0.29) is 11.4 Å². The molecule has 2 heterocycles. The molecule has 0 spiro atoms. The highest BCUT2D eigenvalue weighted by atomic mass is 19.4. The number of likely N-dealkylation sites (tertiary alicyclic amines) is 1. The summed E-state index contributed by atoms with van der Waals surface area (Å²) in [7, 11) is 1.76. The second-order valence-corrected chi connectivity index (χ2v) is 6.61. The molecule has 1 aliphatic heterocycles. The van der Waals surface area contributed by atoms with Gasteiger partial charge in [-0.05, 0) is 24.1 Å². The van der Waals surface area contributed by atoms with Gasteiger partial charge in [0.05, 0.1) is 5.56 Å². The standard InChI is InChI=1S/C17H19F3N4O/c1-16(12-3-5-13(6-4-12)17(18,19)20)8-10-24(11-16)15(25)21-14-7-9-23(2)22-14/h3-7,9H,8,10-11H2,1-2H3,(H,21,22,25). The van der Waals surface area contributed by atoms with Gasteiger partial charge < -0.3 is 4.90 Å². The highest BCUT2D eigenvalue weighted by Crippen LogP contribution is 2.36. The Morgan fingerprint density at radius 3 is 2.48 bits per heavy atom. The topological polar surface area (TPSA) is 50.2 Å². The van der Waals surface area contributed by atoms with Crippen LogP contribution < -0.4 is 5.32 Å². The molecule has 0 radical (unpaired) electrons. The molecule has 8 heteroatoms. The third-order valence-corrected chi connectivity index (χ3v) is 4.62. The number of nitrogens with zero attached hydrogens (tertiary/aromatic N) is 3. The maximum atomic E-state index is 12.7. The second-order valence-electron chi connectivity index (χ2n) is 6.61. The molecular formula is C17H19F3N4O. The Balaban J connectivity index is 1.69. The van der Waals surface area contributed by atoms with E-state index >= 15 is 0 Å². The molecule has 1 aromatic carbocycles. The molecular weight excluding hydrogens is 333 g/mol. The Bertz CT molecular complexity index is 769. The van der Waals surface area contributed by atoms with Crippen molar-refractivity contribution >= 4 is 11.8 Å². The van der Waals surface area contributed by atoms with Crippen molar-refractivity contribution in [2.45, 2.75) is 24.9 Å². The molecule has 1 unspecified atom stereocenters. The van der Waals surface area contributed by atoms with Crippen LogP contribution in [0.15, 0.2) is 36.5 Å². The maximum Gasteiger partial charge on any atom is 0.416 e. The van der Waals surface area contributed by atoms with Crippen LogP contribution in [0.4, 0.5) is 23.8 Å². The van der Waals surface area contributed by atoms with E-state index in [9.17, 15) is 18.0 Å². The number of carbonyl (C=O) groups excluding carboxylic acids is 1. The lowest BCUT2D eigenvalue weighted by atomic mass is 9.81. The summed E-state index contributed by atoms with van der Waals surface area (Å²) in [6.45, 7) is 2.94. The molecule has 1 N–H and O–H groups in total. The van der Waals surface area contributed by atoms with Crippen molar-refractivity contribution in [1.82, 2.24) is 14.7 Å². The van der Waals surface area contributed by atoms with E-state index < -0.39 is 11.7 Å². The third-order valence-electron chi connectivity index (χ3n) is 4.62. The van der Waals surface area contributed by atoms with E-state index in [2.05, 4.69) is 10.4 Å². The molecule has 0 aliphatic carbocycles. The fraction of sp³-hybridized carbons (Fsp3) is 0.412. The number of hydrogen-bond acceptors (Lipinski definition) is 2. The number of aryl methyl sites for hydroxylation is 1. The molecule has 1 aromatic heterocycles. The van der Waals surface area contributed by atoms with Crippen LogP contribution in [0.5, 0.6) is 0 Å². The van der Waals surface area contributed by atoms with Crippen LogP contribution in [-0.4, -0.2) is 33.8 Å². The average Bonchev–Trinajstić information content (AvgIpc) is 3.14. The van der Waals surface area contributed by atoms with Gasteiger partial charge in [0.1, 0.15) is 0 Å². The highest BCUT2D eigenvalue weighted by Gasteiger charge is 2.38. The number of benzene rings is 1. The number of halogens is 3. The van der Waals surface area contributed by atoms with Crippen molar-refractivity contribution in [2.75, 3.05) is 18.4 Å². The molecule has 1 aliphatic rings. The van der Waals surface area contributed by atoms with Crippen LogP contribution >= 0.6 is 0 Å². The molecule has 2 aromatic rings. The fourth-order valence-corrected chi connectivity index (χ4v) is 3.10. The van der Waals surface area contributed by atoms with Crippen LogP contribution in [0.25, 0.3) is 0 Å². The first-order valence-electron chi connectivity index (χ1n) is 7.91. The van der Waals surface area contributed by atoms with E-state index in [1.165, 1.54) is 12.1 Å². The number of alkyl halides is 3. The highest BCUT2D eigenvalue weighted by molar-refractivity contribution is 5.88. The first-order valence-corrected chi connectivity index (χ1v) is 7.91. The number of amides is 2. The van der Waals surface area contributed by atoms with E-state index in [4.69, 9.17) is 0 Å². The summed E-state index contributed by atoms with van der Waals surface area (Å²) >= 11 is 0. The van der Waals surface area contributed by atoms with Crippen LogP contribution in [0.3, 0.4) is 0 Å². The number of carbonyl (C=O) groups is 1. The van der Waals surface area contributed by atoms with Gasteiger partial charge in [-0.3, -0.25) is 10.00 Å². The van der Waals surface area contributed by atoms with Crippen LogP contribution in [0, 0.1) is 0 Å². The quantitative estimate of drug-likeness (QED) is 0.897. The number of anilines is 1. The summed E-state index contributed by atoms with van der Waals surface area (Å²) in [5.74, 6) is 0.468. The minimum Gasteiger partial charge on any atom is -0.324 e. The van der Waals surface area contributed by atoms with Crippen molar-refractivity contribution in [2.24, 2.45) is 7.05 Å². The molecule has 1 atom stereocenters. The molecule has 25 heavy (non-hydrogen) atoms. The monoisotopic (exact) mass is 352 g/mol. The van der Waals surface area contributed by atoms with Gasteiger partial charge in [-0.2, -0.15) is 18.3 Å². The average molecular weight is 352 g/mol. The lowest BCUT2D eigenvalue weighted by molar-refractivity contribution is -0.137. The van der Waals surface area contributed by atoms with Crippen LogP contribution in [0.2, 0.25) is 0 Å². The number of hydrogen-bond donors (Lipinski definition) is 1. The molecule has 0 saturated carbocycles. The van der Waals surface area contributed by atoms with E-state index in [0.29, 0.717) is 25.3 Å². The minimum atomic E-state index is -4.34. The summed E-state index contributed by atoms with van der Waals surface area (Å²) in [5.41, 5.74) is -0.234. The van der Waals surface area contributed by atoms with Gasteiger partial charge in [0.2, 0.25) is 0 Å². The second kappa shape index (κ2) is 6.09. The van der Waals surface area contributed by atoms with Crippen molar-refractivity contribution in [3.05, 3.63) is 47.7 Å². The molecule has 134 valence electrons. The number of rotatable bonds is 2. The predicted molar refractivity (Wildman–Crippen MR) is 87.2 cm³/mol. The Labute approximate surface area is 143 Å². The smallest absolute Gasteiger partial charge is 0.324 e. The Kier molecular flexibility index (Phi) is 4.22. The number of nitrogens with one attached hydrogen (secondary N) is 1. The van der Waals surface area contributed by atoms with Gasteiger partial charge in [-0.25, -0.2) is 4.79 Å². The first-order chi connectivity index (χ1) is 11.7. The zero-order valence-electron chi connectivity index (χ0n) is 14.0. The van der Waals surface area contributed by atoms with E-state index in [1.807, 2.05) is 6.92 Å². The van der Waals surface area contributed by atoms with E-state index in [0.717, 1.165) is 17.7 Å². The van der Waals surface area contributed by atoms with Crippen LogP contribution in [-0.2, 0) is 18.6 Å². The molecule has 0 bridgehead atoms. The van der Waals surface area contributed by atoms with Gasteiger partial charge in [-0.15, -0.1) is 0 Å². The largest absolute Gasteiger partial charge is 0.416 e. The maximum absolute atomic E-state index is 12.7. The van der Waals surface area contributed by atoms with Gasteiger partial charge >= 0.3 is 12.2 Å². The normalized spacial score (nSPS) is 20.8. The lowest BCUT2D eigenvalue weighted by Gasteiger charge is -2.25. The van der Waals surface area contributed by atoms with Crippen molar-refractivity contribution in [1.29, 1.82) is 0 Å². The van der Waals surface area contributed by atoms with E-state index in [1.54, 1.807) is 28.9 Å². The zero-order chi connectivity index (χ0) is 18.2. The van der Waals surface area contributed by atoms with Crippen molar-refractivity contribution < 1.29 is 18.0 Å². The summed E-state index contributed by atoms with van der Waals surface area (Å²) in [4.78, 5) is 14.0. The number of aromatic nitrogens is 2. The Morgan fingerprint density at radius 1 is 1.24 bits per heavy atom. The Hall–Kier alpha value is -2.51. The molecule has 5 nitrogen and oxygen atoms in total. The summed E-state index contributed by atoms with van der Waals surface area (Å²) in [6, 6.07) is 6.64. The summed E-state index contributed by atoms with van der Waals surface area (Å²) < 4.78 is 39.7. The predicted octanol–water partition coefficient (Wildman–Crippen LogP) is 3.63. The summed E-state index contributed by atoms with van der Waals surface area (Å²) in [6.07, 6.45) is -1.93. The van der Waals surface area contributed by atoms with Gasteiger partial charge in [0, 0.05) is 37.8 Å².